The van der Waals surface area contributed by atoms with Crippen LogP contribution in [0.2, 0.25) is 0 Å². The second-order valence-corrected chi connectivity index (χ2v) is 6.08. The Morgan fingerprint density at radius 1 is 1.26 bits per heavy atom. The average molecular weight is 327 g/mol. The largest absolute Gasteiger partial charge is 0.379 e. The number of morpholine rings is 1. The van der Waals surface area contributed by atoms with Gasteiger partial charge in [-0.25, -0.2) is 0 Å². The van der Waals surface area contributed by atoms with Crippen LogP contribution in [0.25, 0.3) is 0 Å². The molecule has 0 aromatic heterocycles. The third-order valence-electron chi connectivity index (χ3n) is 3.89. The molecule has 0 spiro atoms. The van der Waals surface area contributed by atoms with E-state index in [0.29, 0.717) is 6.04 Å². The van der Waals surface area contributed by atoms with Gasteiger partial charge < -0.3 is 4.74 Å². The van der Waals surface area contributed by atoms with Crippen LogP contribution in [0.1, 0.15) is 18.5 Å². The lowest BCUT2D eigenvalue weighted by atomic mass is 10.1. The fourth-order valence-corrected chi connectivity index (χ4v) is 2.58. The second kappa shape index (κ2) is 7.39. The Bertz CT molecular complexity index is 376. The van der Waals surface area contributed by atoms with E-state index in [0.717, 1.165) is 43.9 Å². The Labute approximate surface area is 124 Å². The monoisotopic (exact) mass is 326 g/mol. The van der Waals surface area contributed by atoms with Crippen LogP contribution in [0.15, 0.2) is 28.7 Å². The smallest absolute Gasteiger partial charge is 0.0594 e. The number of ether oxygens (including phenoxy) is 1. The van der Waals surface area contributed by atoms with E-state index in [1.165, 1.54) is 5.56 Å². The zero-order valence-corrected chi connectivity index (χ0v) is 13.4. The summed E-state index contributed by atoms with van der Waals surface area (Å²) in [5, 5.41) is 0. The van der Waals surface area contributed by atoms with Crippen LogP contribution in [-0.2, 0) is 4.74 Å². The molecule has 0 radical (unpaired) electrons. The molecule has 0 saturated carbocycles. The Morgan fingerprint density at radius 3 is 2.53 bits per heavy atom. The maximum atomic E-state index is 5.37. The van der Waals surface area contributed by atoms with Crippen molar-refractivity contribution in [3.05, 3.63) is 34.3 Å². The Kier molecular flexibility index (Phi) is 5.82. The van der Waals surface area contributed by atoms with Crippen molar-refractivity contribution in [2.45, 2.75) is 13.0 Å². The predicted octanol–water partition coefficient (Wildman–Crippen LogP) is 2.77. The lowest BCUT2D eigenvalue weighted by molar-refractivity contribution is 0.0329. The minimum absolute atomic E-state index is 0.453. The Hall–Kier alpha value is -0.420. The molecule has 1 aliphatic heterocycles. The van der Waals surface area contributed by atoms with Gasteiger partial charge in [-0.15, -0.1) is 0 Å². The van der Waals surface area contributed by atoms with Crippen LogP contribution in [-0.4, -0.2) is 56.2 Å². The molecule has 1 atom stereocenters. The van der Waals surface area contributed by atoms with E-state index < -0.39 is 0 Å². The van der Waals surface area contributed by atoms with Crippen molar-refractivity contribution < 1.29 is 4.74 Å². The van der Waals surface area contributed by atoms with Crippen LogP contribution in [0.4, 0.5) is 0 Å². The predicted molar refractivity (Wildman–Crippen MR) is 82.4 cm³/mol. The molecule has 0 aliphatic carbocycles. The van der Waals surface area contributed by atoms with E-state index in [9.17, 15) is 0 Å². The summed E-state index contributed by atoms with van der Waals surface area (Å²) in [6, 6.07) is 9.07. The number of likely N-dealkylation sites (N-methyl/N-ethyl adjacent to an activating group) is 1. The molecule has 0 bridgehead atoms. The van der Waals surface area contributed by atoms with E-state index >= 15 is 0 Å². The average Bonchev–Trinajstić information content (AvgIpc) is 2.46. The molecule has 1 fully saturated rings. The molecule has 106 valence electrons. The summed E-state index contributed by atoms with van der Waals surface area (Å²) in [6.07, 6.45) is 0. The van der Waals surface area contributed by atoms with Gasteiger partial charge in [0.15, 0.2) is 0 Å². The minimum Gasteiger partial charge on any atom is -0.379 e. The fourth-order valence-electron chi connectivity index (χ4n) is 2.31. The van der Waals surface area contributed by atoms with Crippen molar-refractivity contribution >= 4 is 15.9 Å². The van der Waals surface area contributed by atoms with Crippen molar-refractivity contribution in [1.82, 2.24) is 9.80 Å². The number of hydrogen-bond acceptors (Lipinski definition) is 3. The summed E-state index contributed by atoms with van der Waals surface area (Å²) in [6.45, 7) is 8.39. The van der Waals surface area contributed by atoms with Crippen molar-refractivity contribution in [3.8, 4) is 0 Å². The van der Waals surface area contributed by atoms with E-state index in [2.05, 4.69) is 64.0 Å². The SMILES string of the molecule is CC(c1ccc(Br)cc1)N(C)CCN1CCOCC1. The molecular weight excluding hydrogens is 304 g/mol. The van der Waals surface area contributed by atoms with Gasteiger partial charge in [-0.05, 0) is 31.7 Å². The lowest BCUT2D eigenvalue weighted by Crippen LogP contribution is -2.41. The van der Waals surface area contributed by atoms with Gasteiger partial charge >= 0.3 is 0 Å². The minimum atomic E-state index is 0.453. The molecule has 4 heteroatoms. The topological polar surface area (TPSA) is 15.7 Å². The maximum absolute atomic E-state index is 5.37. The first kappa shape index (κ1) is 15.0. The third kappa shape index (κ3) is 4.56. The van der Waals surface area contributed by atoms with Gasteiger partial charge in [0.1, 0.15) is 0 Å². The zero-order chi connectivity index (χ0) is 13.7. The van der Waals surface area contributed by atoms with Gasteiger partial charge in [0.25, 0.3) is 0 Å². The van der Waals surface area contributed by atoms with Crippen molar-refractivity contribution in [3.63, 3.8) is 0 Å². The fraction of sp³-hybridized carbons (Fsp3) is 0.600. The molecular formula is C15H23BrN2O. The lowest BCUT2D eigenvalue weighted by Gasteiger charge is -2.31. The Balaban J connectivity index is 1.81. The van der Waals surface area contributed by atoms with Crippen molar-refractivity contribution in [2.24, 2.45) is 0 Å². The van der Waals surface area contributed by atoms with Gasteiger partial charge in [0.2, 0.25) is 0 Å². The highest BCUT2D eigenvalue weighted by atomic mass is 79.9. The van der Waals surface area contributed by atoms with E-state index in [1.807, 2.05) is 0 Å². The van der Waals surface area contributed by atoms with Gasteiger partial charge in [0, 0.05) is 36.7 Å². The molecule has 1 heterocycles. The van der Waals surface area contributed by atoms with Gasteiger partial charge in [-0.2, -0.15) is 0 Å². The summed E-state index contributed by atoms with van der Waals surface area (Å²) < 4.78 is 6.51. The molecule has 19 heavy (non-hydrogen) atoms. The number of rotatable bonds is 5. The quantitative estimate of drug-likeness (QED) is 0.827. The first-order valence-electron chi connectivity index (χ1n) is 6.92. The Morgan fingerprint density at radius 2 is 1.89 bits per heavy atom. The maximum Gasteiger partial charge on any atom is 0.0594 e. The summed E-state index contributed by atoms with van der Waals surface area (Å²) in [5.41, 5.74) is 1.37. The van der Waals surface area contributed by atoms with E-state index in [4.69, 9.17) is 4.74 Å². The highest BCUT2D eigenvalue weighted by molar-refractivity contribution is 9.10. The molecule has 1 aromatic rings. The van der Waals surface area contributed by atoms with Crippen LogP contribution >= 0.6 is 15.9 Å². The summed E-state index contributed by atoms with van der Waals surface area (Å²) in [4.78, 5) is 4.90. The summed E-state index contributed by atoms with van der Waals surface area (Å²) in [7, 11) is 2.20. The highest BCUT2D eigenvalue weighted by Crippen LogP contribution is 2.20. The van der Waals surface area contributed by atoms with Crippen LogP contribution in [0.3, 0.4) is 0 Å². The van der Waals surface area contributed by atoms with Gasteiger partial charge in [-0.3, -0.25) is 9.80 Å². The van der Waals surface area contributed by atoms with Crippen LogP contribution in [0.5, 0.6) is 0 Å². The zero-order valence-electron chi connectivity index (χ0n) is 11.8. The van der Waals surface area contributed by atoms with Crippen LogP contribution in [0, 0.1) is 0 Å². The number of halogens is 1. The number of benzene rings is 1. The first-order chi connectivity index (χ1) is 9.16. The second-order valence-electron chi connectivity index (χ2n) is 5.16. The molecule has 3 nitrogen and oxygen atoms in total. The molecule has 1 aromatic carbocycles. The third-order valence-corrected chi connectivity index (χ3v) is 4.41. The number of nitrogens with zero attached hydrogens (tertiary/aromatic N) is 2. The molecule has 0 N–H and O–H groups in total. The summed E-state index contributed by atoms with van der Waals surface area (Å²) in [5.74, 6) is 0. The van der Waals surface area contributed by atoms with Crippen molar-refractivity contribution in [1.29, 1.82) is 0 Å². The molecule has 1 saturated heterocycles. The van der Waals surface area contributed by atoms with Crippen LogP contribution < -0.4 is 0 Å². The standard InChI is InChI=1S/C15H23BrN2O/c1-13(14-3-5-15(16)6-4-14)17(2)7-8-18-9-11-19-12-10-18/h3-6,13H,7-12H2,1-2H3. The summed E-state index contributed by atoms with van der Waals surface area (Å²) >= 11 is 3.48. The van der Waals surface area contributed by atoms with E-state index in [1.54, 1.807) is 0 Å². The molecule has 1 aliphatic rings. The van der Waals surface area contributed by atoms with Gasteiger partial charge in [0.05, 0.1) is 13.2 Å². The molecule has 2 rings (SSSR count). The normalized spacial score (nSPS) is 18.7. The van der Waals surface area contributed by atoms with E-state index in [-0.39, 0.29) is 0 Å². The first-order valence-corrected chi connectivity index (χ1v) is 7.72. The number of hydrogen-bond donors (Lipinski definition) is 0. The van der Waals surface area contributed by atoms with Gasteiger partial charge in [-0.1, -0.05) is 28.1 Å². The molecule has 1 unspecified atom stereocenters. The highest BCUT2D eigenvalue weighted by Gasteiger charge is 2.14. The molecule has 0 amide bonds. The van der Waals surface area contributed by atoms with Crippen molar-refractivity contribution in [2.75, 3.05) is 46.4 Å².